The smallest absolute Gasteiger partial charge is 0.310 e. The van der Waals surface area contributed by atoms with Gasteiger partial charge in [-0.3, -0.25) is 4.79 Å². The Hall–Kier alpha value is -1.05. The van der Waals surface area contributed by atoms with E-state index in [1.165, 1.54) is 0 Å². The lowest BCUT2D eigenvalue weighted by molar-refractivity contribution is -0.142. The molecule has 0 N–H and O–H groups in total. The number of hydrogen-bond donors (Lipinski definition) is 0. The molecule has 0 saturated carbocycles. The molecule has 0 fully saturated rings. The summed E-state index contributed by atoms with van der Waals surface area (Å²) in [4.78, 5) is 11.3. The van der Waals surface area contributed by atoms with Gasteiger partial charge in [0.1, 0.15) is 0 Å². The van der Waals surface area contributed by atoms with E-state index in [1.807, 2.05) is 6.07 Å². The number of benzene rings is 1. The maximum Gasteiger partial charge on any atom is 0.310 e. The average Bonchev–Trinajstić information content (AvgIpc) is 2.24. The van der Waals surface area contributed by atoms with Gasteiger partial charge < -0.3 is 4.74 Å². The molecule has 0 amide bonds. The molecule has 1 aromatic rings. The summed E-state index contributed by atoms with van der Waals surface area (Å²) in [5.74, 6) is -0.339. The van der Waals surface area contributed by atoms with Gasteiger partial charge in [0, 0.05) is 4.47 Å². The molecule has 5 heteroatoms. The second-order valence-corrected chi connectivity index (χ2v) is 4.22. The molecule has 0 aliphatic heterocycles. The van der Waals surface area contributed by atoms with Crippen LogP contribution < -0.4 is 0 Å². The molecule has 0 bridgehead atoms. The Labute approximate surface area is 107 Å². The first-order valence-electron chi connectivity index (χ1n) is 4.62. The van der Waals surface area contributed by atoms with Crippen molar-refractivity contribution in [3.8, 4) is 6.07 Å². The standard InChI is InChI=1S/C11H9BrClNO2/c1-2-16-10(15)5-8-3-7(6-14)4-9(13)11(8)12/h3-4H,2,5H2,1H3. The van der Waals surface area contributed by atoms with E-state index in [0.717, 1.165) is 0 Å². The number of rotatable bonds is 3. The van der Waals surface area contributed by atoms with Crippen LogP contribution in [-0.2, 0) is 16.0 Å². The van der Waals surface area contributed by atoms with Crippen LogP contribution in [0.25, 0.3) is 0 Å². The van der Waals surface area contributed by atoms with Crippen LogP contribution in [0.4, 0.5) is 0 Å². The van der Waals surface area contributed by atoms with E-state index in [-0.39, 0.29) is 12.4 Å². The number of carbonyl (C=O) groups excluding carboxylic acids is 1. The van der Waals surface area contributed by atoms with Crippen LogP contribution in [-0.4, -0.2) is 12.6 Å². The summed E-state index contributed by atoms with van der Waals surface area (Å²) in [5, 5.41) is 9.19. The number of carbonyl (C=O) groups is 1. The lowest BCUT2D eigenvalue weighted by atomic mass is 10.1. The first kappa shape index (κ1) is 13.0. The number of nitriles is 1. The van der Waals surface area contributed by atoms with Crippen LogP contribution in [0.1, 0.15) is 18.1 Å². The third-order valence-corrected chi connectivity index (χ3v) is 3.34. The van der Waals surface area contributed by atoms with Crippen molar-refractivity contribution in [1.29, 1.82) is 5.26 Å². The quantitative estimate of drug-likeness (QED) is 0.806. The van der Waals surface area contributed by atoms with Crippen molar-refractivity contribution in [2.45, 2.75) is 13.3 Å². The van der Waals surface area contributed by atoms with Gasteiger partial charge in [0.25, 0.3) is 0 Å². The Morgan fingerprint density at radius 3 is 2.88 bits per heavy atom. The van der Waals surface area contributed by atoms with Gasteiger partial charge >= 0.3 is 5.97 Å². The molecule has 84 valence electrons. The predicted octanol–water partition coefficient (Wildman–Crippen LogP) is 3.08. The minimum atomic E-state index is -0.339. The average molecular weight is 303 g/mol. The highest BCUT2D eigenvalue weighted by Crippen LogP contribution is 2.28. The van der Waals surface area contributed by atoms with Crippen molar-refractivity contribution >= 4 is 33.5 Å². The summed E-state index contributed by atoms with van der Waals surface area (Å²) < 4.78 is 5.45. The van der Waals surface area contributed by atoms with Gasteiger partial charge in [-0.15, -0.1) is 0 Å². The molecule has 0 aliphatic carbocycles. The lowest BCUT2D eigenvalue weighted by Crippen LogP contribution is -2.08. The highest BCUT2D eigenvalue weighted by molar-refractivity contribution is 9.10. The molecule has 0 atom stereocenters. The van der Waals surface area contributed by atoms with Crippen LogP contribution in [0, 0.1) is 11.3 Å². The maximum absolute atomic E-state index is 11.3. The highest BCUT2D eigenvalue weighted by atomic mass is 79.9. The minimum Gasteiger partial charge on any atom is -0.466 e. The van der Waals surface area contributed by atoms with E-state index in [4.69, 9.17) is 21.6 Å². The van der Waals surface area contributed by atoms with Crippen LogP contribution >= 0.6 is 27.5 Å². The molecular formula is C11H9BrClNO2. The van der Waals surface area contributed by atoms with E-state index in [1.54, 1.807) is 19.1 Å². The number of halogens is 2. The Balaban J connectivity index is 3.00. The maximum atomic E-state index is 11.3. The molecule has 0 aliphatic rings. The van der Waals surface area contributed by atoms with Gasteiger partial charge in [-0.05, 0) is 40.5 Å². The van der Waals surface area contributed by atoms with Crippen LogP contribution in [0.5, 0.6) is 0 Å². The zero-order valence-corrected chi connectivity index (χ0v) is 10.9. The predicted molar refractivity (Wildman–Crippen MR) is 64.2 cm³/mol. The largest absolute Gasteiger partial charge is 0.466 e. The summed E-state index contributed by atoms with van der Waals surface area (Å²) in [6.07, 6.45) is 0.101. The second-order valence-electron chi connectivity index (χ2n) is 3.02. The van der Waals surface area contributed by atoms with Crippen molar-refractivity contribution in [2.75, 3.05) is 6.61 Å². The summed E-state index contributed by atoms with van der Waals surface area (Å²) in [6, 6.07) is 5.14. The molecule has 0 saturated heterocycles. The Kier molecular flexibility index (Phi) is 4.78. The molecule has 16 heavy (non-hydrogen) atoms. The molecule has 0 aromatic heterocycles. The van der Waals surface area contributed by atoms with E-state index in [9.17, 15) is 4.79 Å². The van der Waals surface area contributed by atoms with Crippen molar-refractivity contribution < 1.29 is 9.53 Å². The third kappa shape index (κ3) is 3.22. The van der Waals surface area contributed by atoms with Gasteiger partial charge in [-0.1, -0.05) is 11.6 Å². The zero-order chi connectivity index (χ0) is 12.1. The fourth-order valence-electron chi connectivity index (χ4n) is 1.21. The molecule has 0 radical (unpaired) electrons. The summed E-state index contributed by atoms with van der Waals surface area (Å²) in [6.45, 7) is 2.08. The normalized spacial score (nSPS) is 9.62. The van der Waals surface area contributed by atoms with Crippen molar-refractivity contribution in [1.82, 2.24) is 0 Å². The zero-order valence-electron chi connectivity index (χ0n) is 8.59. The Morgan fingerprint density at radius 1 is 1.62 bits per heavy atom. The molecule has 0 unspecified atom stereocenters. The molecule has 1 aromatic carbocycles. The van der Waals surface area contributed by atoms with E-state index in [0.29, 0.717) is 27.2 Å². The molecular weight excluding hydrogens is 293 g/mol. The van der Waals surface area contributed by atoms with Gasteiger partial charge in [0.2, 0.25) is 0 Å². The highest BCUT2D eigenvalue weighted by Gasteiger charge is 2.11. The second kappa shape index (κ2) is 5.88. The minimum absolute atomic E-state index is 0.101. The summed E-state index contributed by atoms with van der Waals surface area (Å²) >= 11 is 9.18. The van der Waals surface area contributed by atoms with Gasteiger partial charge in [-0.2, -0.15) is 5.26 Å². The van der Waals surface area contributed by atoms with Crippen LogP contribution in [0.2, 0.25) is 5.02 Å². The molecule has 1 rings (SSSR count). The van der Waals surface area contributed by atoms with Crippen LogP contribution in [0.15, 0.2) is 16.6 Å². The third-order valence-electron chi connectivity index (χ3n) is 1.87. The van der Waals surface area contributed by atoms with Gasteiger partial charge in [0.15, 0.2) is 0 Å². The SMILES string of the molecule is CCOC(=O)Cc1cc(C#N)cc(Cl)c1Br. The molecule has 0 spiro atoms. The van der Waals surface area contributed by atoms with E-state index < -0.39 is 0 Å². The van der Waals surface area contributed by atoms with Gasteiger partial charge in [-0.25, -0.2) is 0 Å². The number of hydrogen-bond acceptors (Lipinski definition) is 3. The Morgan fingerprint density at radius 2 is 2.31 bits per heavy atom. The van der Waals surface area contributed by atoms with Gasteiger partial charge in [0.05, 0.1) is 29.7 Å². The van der Waals surface area contributed by atoms with Crippen molar-refractivity contribution in [3.05, 3.63) is 32.8 Å². The molecule has 0 heterocycles. The number of esters is 1. The first-order valence-corrected chi connectivity index (χ1v) is 5.79. The first-order chi connectivity index (χ1) is 7.58. The van der Waals surface area contributed by atoms with Crippen LogP contribution in [0.3, 0.4) is 0 Å². The molecule has 3 nitrogen and oxygen atoms in total. The Bertz CT molecular complexity index is 454. The fourth-order valence-corrected chi connectivity index (χ4v) is 1.81. The fraction of sp³-hybridized carbons (Fsp3) is 0.273. The van der Waals surface area contributed by atoms with Crippen molar-refractivity contribution in [3.63, 3.8) is 0 Å². The summed E-state index contributed by atoms with van der Waals surface area (Å²) in [7, 11) is 0. The monoisotopic (exact) mass is 301 g/mol. The lowest BCUT2D eigenvalue weighted by Gasteiger charge is -2.06. The topological polar surface area (TPSA) is 50.1 Å². The number of nitrogens with zero attached hydrogens (tertiary/aromatic N) is 1. The number of ether oxygens (including phenoxy) is 1. The van der Waals surface area contributed by atoms with E-state index >= 15 is 0 Å². The van der Waals surface area contributed by atoms with Crippen molar-refractivity contribution in [2.24, 2.45) is 0 Å². The van der Waals surface area contributed by atoms with E-state index in [2.05, 4.69) is 15.9 Å². The summed E-state index contributed by atoms with van der Waals surface area (Å²) in [5.41, 5.74) is 1.08.